The minimum Gasteiger partial charge on any atom is -0.274 e. The Morgan fingerprint density at radius 3 is 2.31 bits per heavy atom. The highest BCUT2D eigenvalue weighted by Gasteiger charge is 2.59. The molecule has 1 aromatic heterocycles. The van der Waals surface area contributed by atoms with E-state index in [0.29, 0.717) is 11.5 Å². The summed E-state index contributed by atoms with van der Waals surface area (Å²) in [6.45, 7) is 2.04. The summed E-state index contributed by atoms with van der Waals surface area (Å²) >= 11 is 0. The number of hydrogen-bond acceptors (Lipinski definition) is 4. The molecule has 6 rings (SSSR count). The van der Waals surface area contributed by atoms with Crippen molar-refractivity contribution < 1.29 is 9.59 Å². The van der Waals surface area contributed by atoms with Gasteiger partial charge in [0.15, 0.2) is 5.82 Å². The number of anilines is 1. The normalized spacial score (nSPS) is 27.3. The molecule has 29 heavy (non-hydrogen) atoms. The molecule has 0 spiro atoms. The number of fused-ring (bicyclic) bond motifs is 6. The van der Waals surface area contributed by atoms with E-state index >= 15 is 0 Å². The second-order valence-corrected chi connectivity index (χ2v) is 8.31. The van der Waals surface area contributed by atoms with Gasteiger partial charge in [-0.2, -0.15) is 0 Å². The SMILES string of the molecule is Cc1ccc2cnc(-c3ccc(N4C(=O)[C@H]5[C@@H]6C=CC(C6)[C@H]5C4=O)cc3)nc2c1. The number of amides is 2. The molecule has 1 aliphatic heterocycles. The molecule has 142 valence electrons. The Bertz CT molecular complexity index is 1180. The molecule has 2 bridgehead atoms. The van der Waals surface area contributed by atoms with E-state index in [1.54, 1.807) is 0 Å². The molecular formula is C24H19N3O2. The number of aryl methyl sites for hydroxylation is 1. The van der Waals surface area contributed by atoms with E-state index in [4.69, 9.17) is 0 Å². The molecule has 1 saturated carbocycles. The van der Waals surface area contributed by atoms with Gasteiger partial charge < -0.3 is 0 Å². The number of allylic oxidation sites excluding steroid dienone is 2. The molecule has 4 atom stereocenters. The van der Waals surface area contributed by atoms with E-state index < -0.39 is 0 Å². The van der Waals surface area contributed by atoms with Crippen molar-refractivity contribution in [1.29, 1.82) is 0 Å². The second kappa shape index (κ2) is 5.83. The summed E-state index contributed by atoms with van der Waals surface area (Å²) in [5, 5.41) is 0.999. The largest absolute Gasteiger partial charge is 0.274 e. The summed E-state index contributed by atoms with van der Waals surface area (Å²) in [4.78, 5) is 36.5. The molecule has 3 aliphatic rings. The minimum absolute atomic E-state index is 0.0537. The lowest BCUT2D eigenvalue weighted by atomic mass is 9.85. The smallest absolute Gasteiger partial charge is 0.238 e. The number of aromatic nitrogens is 2. The van der Waals surface area contributed by atoms with Crippen LogP contribution in [0.15, 0.2) is 60.8 Å². The molecule has 0 N–H and O–H groups in total. The van der Waals surface area contributed by atoms with Crippen LogP contribution >= 0.6 is 0 Å². The molecule has 3 aromatic rings. The van der Waals surface area contributed by atoms with Crippen LogP contribution < -0.4 is 4.90 Å². The van der Waals surface area contributed by atoms with Crippen LogP contribution in [0.25, 0.3) is 22.3 Å². The zero-order valence-corrected chi connectivity index (χ0v) is 15.9. The van der Waals surface area contributed by atoms with E-state index in [2.05, 4.69) is 22.1 Å². The van der Waals surface area contributed by atoms with E-state index in [9.17, 15) is 9.59 Å². The lowest BCUT2D eigenvalue weighted by molar-refractivity contribution is -0.123. The highest BCUT2D eigenvalue weighted by atomic mass is 16.2. The van der Waals surface area contributed by atoms with Gasteiger partial charge in [-0.3, -0.25) is 14.5 Å². The second-order valence-electron chi connectivity index (χ2n) is 8.31. The van der Waals surface area contributed by atoms with Crippen LogP contribution in [0.5, 0.6) is 0 Å². The number of benzene rings is 2. The number of hydrogen-bond donors (Lipinski definition) is 0. The zero-order chi connectivity index (χ0) is 19.7. The Labute approximate surface area is 168 Å². The average molecular weight is 381 g/mol. The third-order valence-corrected chi connectivity index (χ3v) is 6.59. The molecule has 2 aliphatic carbocycles. The first-order chi connectivity index (χ1) is 14.1. The van der Waals surface area contributed by atoms with Crippen LogP contribution in [-0.4, -0.2) is 21.8 Å². The monoisotopic (exact) mass is 381 g/mol. The van der Waals surface area contributed by atoms with Crippen molar-refractivity contribution in [3.05, 3.63) is 66.4 Å². The van der Waals surface area contributed by atoms with Crippen molar-refractivity contribution in [1.82, 2.24) is 9.97 Å². The molecule has 1 unspecified atom stereocenters. The summed E-state index contributed by atoms with van der Waals surface area (Å²) < 4.78 is 0. The van der Waals surface area contributed by atoms with Crippen molar-refractivity contribution in [2.24, 2.45) is 23.7 Å². The minimum atomic E-state index is -0.177. The molecule has 2 fully saturated rings. The Hall–Kier alpha value is -3.34. The molecule has 2 heterocycles. The van der Waals surface area contributed by atoms with Gasteiger partial charge in [0.05, 0.1) is 23.0 Å². The molecule has 2 amide bonds. The highest BCUT2D eigenvalue weighted by Crippen LogP contribution is 2.53. The van der Waals surface area contributed by atoms with Gasteiger partial charge in [-0.15, -0.1) is 0 Å². The molecule has 1 saturated heterocycles. The fourth-order valence-corrected chi connectivity index (χ4v) is 5.19. The van der Waals surface area contributed by atoms with Crippen molar-refractivity contribution in [3.63, 3.8) is 0 Å². The van der Waals surface area contributed by atoms with Crippen molar-refractivity contribution in [3.8, 4) is 11.4 Å². The maximum Gasteiger partial charge on any atom is 0.238 e. The Balaban J connectivity index is 1.32. The Morgan fingerprint density at radius 2 is 1.62 bits per heavy atom. The molecule has 2 aromatic carbocycles. The van der Waals surface area contributed by atoms with Gasteiger partial charge in [0, 0.05) is 17.1 Å². The van der Waals surface area contributed by atoms with Crippen molar-refractivity contribution >= 4 is 28.4 Å². The number of carbonyl (C=O) groups excluding carboxylic acids is 2. The van der Waals surface area contributed by atoms with Gasteiger partial charge in [0.1, 0.15) is 0 Å². The number of rotatable bonds is 2. The summed E-state index contributed by atoms with van der Waals surface area (Å²) in [5.74, 6) is 0.616. The van der Waals surface area contributed by atoms with E-state index in [1.807, 2.05) is 55.6 Å². The highest BCUT2D eigenvalue weighted by molar-refractivity contribution is 6.22. The molecule has 5 nitrogen and oxygen atoms in total. The lowest BCUT2D eigenvalue weighted by Crippen LogP contribution is -2.32. The Morgan fingerprint density at radius 1 is 0.931 bits per heavy atom. The van der Waals surface area contributed by atoms with Crippen LogP contribution in [0.3, 0.4) is 0 Å². The average Bonchev–Trinajstić information content (AvgIpc) is 3.41. The van der Waals surface area contributed by atoms with Crippen LogP contribution in [-0.2, 0) is 9.59 Å². The first-order valence-electron chi connectivity index (χ1n) is 10.0. The number of imide groups is 1. The quantitative estimate of drug-likeness (QED) is 0.499. The van der Waals surface area contributed by atoms with E-state index in [0.717, 1.165) is 28.5 Å². The van der Waals surface area contributed by atoms with Crippen LogP contribution in [0.4, 0.5) is 5.69 Å². The topological polar surface area (TPSA) is 63.2 Å². The number of nitrogens with zero attached hydrogens (tertiary/aromatic N) is 3. The van der Waals surface area contributed by atoms with E-state index in [-0.39, 0.29) is 35.5 Å². The summed E-state index contributed by atoms with van der Waals surface area (Å²) in [6.07, 6.45) is 6.99. The lowest BCUT2D eigenvalue weighted by Gasteiger charge is -2.17. The maximum absolute atomic E-state index is 13.0. The van der Waals surface area contributed by atoms with Crippen LogP contribution in [0.1, 0.15) is 12.0 Å². The van der Waals surface area contributed by atoms with Crippen LogP contribution in [0, 0.1) is 30.6 Å². The van der Waals surface area contributed by atoms with Crippen molar-refractivity contribution in [2.45, 2.75) is 13.3 Å². The first-order valence-corrected chi connectivity index (χ1v) is 10.0. The van der Waals surface area contributed by atoms with Crippen molar-refractivity contribution in [2.75, 3.05) is 4.90 Å². The standard InChI is InChI=1S/C24H19N3O2/c1-13-2-3-17-12-25-22(26-19(17)10-13)14-6-8-18(9-7-14)27-23(28)20-15-4-5-16(11-15)21(20)24(27)29/h2-10,12,15-16,20-21H,11H2,1H3/t15-,16?,20+,21-/m1/s1. The van der Waals surface area contributed by atoms with E-state index in [1.165, 1.54) is 4.90 Å². The summed E-state index contributed by atoms with van der Waals surface area (Å²) in [7, 11) is 0. The Kier molecular flexibility index (Phi) is 3.34. The summed E-state index contributed by atoms with van der Waals surface area (Å²) in [6, 6.07) is 13.5. The predicted molar refractivity (Wildman–Crippen MR) is 110 cm³/mol. The van der Waals surface area contributed by atoms with Gasteiger partial charge in [0.2, 0.25) is 11.8 Å². The van der Waals surface area contributed by atoms with Crippen LogP contribution in [0.2, 0.25) is 0 Å². The third-order valence-electron chi connectivity index (χ3n) is 6.59. The molecular weight excluding hydrogens is 362 g/mol. The predicted octanol–water partition coefficient (Wildman–Crippen LogP) is 3.92. The first kappa shape index (κ1) is 16.6. The third kappa shape index (κ3) is 2.33. The maximum atomic E-state index is 13.0. The number of carbonyl (C=O) groups is 2. The fourth-order valence-electron chi connectivity index (χ4n) is 5.19. The van der Waals surface area contributed by atoms with Gasteiger partial charge in [-0.25, -0.2) is 9.97 Å². The fraction of sp³-hybridized carbons (Fsp3) is 0.250. The van der Waals surface area contributed by atoms with Gasteiger partial charge in [0.25, 0.3) is 0 Å². The zero-order valence-electron chi connectivity index (χ0n) is 15.9. The summed E-state index contributed by atoms with van der Waals surface area (Å²) in [5.41, 5.74) is 3.55. The van der Waals surface area contributed by atoms with Gasteiger partial charge >= 0.3 is 0 Å². The molecule has 5 heteroatoms. The van der Waals surface area contributed by atoms with Gasteiger partial charge in [-0.1, -0.05) is 24.3 Å². The van der Waals surface area contributed by atoms with Gasteiger partial charge in [-0.05, 0) is 61.1 Å². The molecule has 0 radical (unpaired) electrons.